The average molecular weight is 294 g/mol. The van der Waals surface area contributed by atoms with Crippen LogP contribution in [0.3, 0.4) is 0 Å². The Labute approximate surface area is 91.3 Å². The van der Waals surface area contributed by atoms with Crippen molar-refractivity contribution in [2.75, 3.05) is 4.43 Å². The number of hydrogen-bond acceptors (Lipinski definition) is 1. The molecule has 1 aromatic rings. The Morgan fingerprint density at radius 3 is 2.85 bits per heavy atom. The van der Waals surface area contributed by atoms with E-state index in [0.717, 1.165) is 0 Å². The molecular formula is C10H19IN2. The van der Waals surface area contributed by atoms with E-state index in [2.05, 4.69) is 35.0 Å². The van der Waals surface area contributed by atoms with E-state index in [1.54, 1.807) is 0 Å². The molecular weight excluding hydrogens is 275 g/mol. The third-order valence-electron chi connectivity index (χ3n) is 1.97. The molecule has 0 atom stereocenters. The second-order valence-electron chi connectivity index (χ2n) is 3.52. The van der Waals surface area contributed by atoms with E-state index in [9.17, 15) is 0 Å². The van der Waals surface area contributed by atoms with Crippen LogP contribution in [0, 0.1) is 0 Å². The van der Waals surface area contributed by atoms with Crippen molar-refractivity contribution in [3.8, 4) is 0 Å². The number of unbranched alkanes of at least 4 members (excludes halogenated alkanes) is 1. The van der Waals surface area contributed by atoms with Gasteiger partial charge in [0.15, 0.2) is 0 Å². The molecule has 0 amide bonds. The van der Waals surface area contributed by atoms with Crippen LogP contribution >= 0.6 is 21.5 Å². The van der Waals surface area contributed by atoms with Crippen LogP contribution in [0.1, 0.15) is 45.1 Å². The van der Waals surface area contributed by atoms with E-state index >= 15 is 0 Å². The average Bonchev–Trinajstić information content (AvgIpc) is 2.53. The summed E-state index contributed by atoms with van der Waals surface area (Å²) in [4.78, 5) is 0. The number of halogens is 1. The standard InChI is InChI=1S/C10H19IN2/c1-4-5-6-11-13-8-10(7-12-13)9(2)3/h7-9,11H,4-6H2,1-3H3. The van der Waals surface area contributed by atoms with Gasteiger partial charge >= 0.3 is 91.4 Å². The van der Waals surface area contributed by atoms with Gasteiger partial charge in [-0.3, -0.25) is 0 Å². The molecule has 0 spiro atoms. The number of rotatable bonds is 5. The summed E-state index contributed by atoms with van der Waals surface area (Å²) in [5.74, 6) is 0.618. The molecule has 1 rings (SSSR count). The van der Waals surface area contributed by atoms with Crippen LogP contribution in [0.15, 0.2) is 12.4 Å². The number of alkyl halides is 1. The predicted molar refractivity (Wildman–Crippen MR) is 66.9 cm³/mol. The summed E-state index contributed by atoms with van der Waals surface area (Å²) in [6, 6.07) is 0. The van der Waals surface area contributed by atoms with Crippen molar-refractivity contribution in [1.82, 2.24) is 7.99 Å². The van der Waals surface area contributed by atoms with Crippen molar-refractivity contribution in [3.05, 3.63) is 18.0 Å². The summed E-state index contributed by atoms with van der Waals surface area (Å²) in [5.41, 5.74) is 1.38. The third kappa shape index (κ3) is 3.67. The first-order valence-electron chi connectivity index (χ1n) is 4.92. The van der Waals surface area contributed by atoms with Gasteiger partial charge in [0.05, 0.1) is 0 Å². The summed E-state index contributed by atoms with van der Waals surface area (Å²) in [5, 5.41) is 4.38. The molecule has 13 heavy (non-hydrogen) atoms. The van der Waals surface area contributed by atoms with Crippen molar-refractivity contribution in [1.29, 1.82) is 0 Å². The molecule has 0 bridgehead atoms. The van der Waals surface area contributed by atoms with Crippen molar-refractivity contribution in [2.24, 2.45) is 0 Å². The quantitative estimate of drug-likeness (QED) is 0.463. The van der Waals surface area contributed by atoms with Crippen LogP contribution < -0.4 is 0 Å². The molecule has 0 aliphatic carbocycles. The molecule has 0 radical (unpaired) electrons. The molecule has 0 aromatic carbocycles. The summed E-state index contributed by atoms with van der Waals surface area (Å²) in [6.07, 6.45) is 6.91. The van der Waals surface area contributed by atoms with Crippen LogP contribution in [-0.4, -0.2) is 12.4 Å². The Balaban J connectivity index is 2.40. The Bertz CT molecular complexity index is 243. The molecule has 2 nitrogen and oxygen atoms in total. The summed E-state index contributed by atoms with van der Waals surface area (Å²) in [6.45, 7) is 6.68. The molecule has 1 heterocycles. The Morgan fingerprint density at radius 2 is 2.31 bits per heavy atom. The zero-order valence-corrected chi connectivity index (χ0v) is 11.0. The van der Waals surface area contributed by atoms with Crippen LogP contribution in [0.4, 0.5) is 0 Å². The number of hydrogen-bond donors (Lipinski definition) is 0. The molecule has 1 aromatic heterocycles. The fourth-order valence-corrected chi connectivity index (χ4v) is 3.60. The van der Waals surface area contributed by atoms with Crippen molar-refractivity contribution < 1.29 is 0 Å². The van der Waals surface area contributed by atoms with Crippen LogP contribution in [0.2, 0.25) is 0 Å². The van der Waals surface area contributed by atoms with Gasteiger partial charge in [0.1, 0.15) is 0 Å². The van der Waals surface area contributed by atoms with Gasteiger partial charge in [0, 0.05) is 0 Å². The summed E-state index contributed by atoms with van der Waals surface area (Å²) >= 11 is -0.0513. The molecule has 0 aliphatic heterocycles. The molecule has 3 heteroatoms. The second kappa shape index (κ2) is 5.62. The van der Waals surface area contributed by atoms with Crippen molar-refractivity contribution in [3.63, 3.8) is 0 Å². The maximum absolute atomic E-state index is 4.38. The summed E-state index contributed by atoms with van der Waals surface area (Å²) < 4.78 is 3.57. The number of aromatic nitrogens is 2. The molecule has 76 valence electrons. The first-order valence-corrected chi connectivity index (χ1v) is 7.61. The van der Waals surface area contributed by atoms with E-state index in [-0.39, 0.29) is 21.5 Å². The van der Waals surface area contributed by atoms with E-state index in [0.29, 0.717) is 5.92 Å². The van der Waals surface area contributed by atoms with Crippen LogP contribution in [0.5, 0.6) is 0 Å². The molecule has 0 saturated carbocycles. The monoisotopic (exact) mass is 294 g/mol. The molecule has 0 unspecified atom stereocenters. The molecule has 0 saturated heterocycles. The molecule has 0 N–H and O–H groups in total. The van der Waals surface area contributed by atoms with Gasteiger partial charge in [0.2, 0.25) is 0 Å². The minimum atomic E-state index is -0.0513. The fraction of sp³-hybridized carbons (Fsp3) is 0.700. The van der Waals surface area contributed by atoms with Gasteiger partial charge in [0.25, 0.3) is 0 Å². The second-order valence-corrected chi connectivity index (χ2v) is 6.49. The predicted octanol–water partition coefficient (Wildman–Crippen LogP) is 3.27. The van der Waals surface area contributed by atoms with Gasteiger partial charge in [-0.15, -0.1) is 0 Å². The first kappa shape index (κ1) is 11.0. The van der Waals surface area contributed by atoms with Gasteiger partial charge < -0.3 is 0 Å². The van der Waals surface area contributed by atoms with Gasteiger partial charge in [-0.25, -0.2) is 0 Å². The van der Waals surface area contributed by atoms with E-state index in [1.807, 2.05) is 6.20 Å². The third-order valence-corrected chi connectivity index (χ3v) is 4.64. The normalized spacial score (nSPS) is 11.4. The Hall–Kier alpha value is -0.0600. The summed E-state index contributed by atoms with van der Waals surface area (Å²) in [7, 11) is 0. The van der Waals surface area contributed by atoms with Gasteiger partial charge in [-0.2, -0.15) is 0 Å². The van der Waals surface area contributed by atoms with E-state index < -0.39 is 0 Å². The SMILES string of the molecule is CCCC[IH]n1cc(C(C)C)cn1. The van der Waals surface area contributed by atoms with Crippen molar-refractivity contribution in [2.45, 2.75) is 39.5 Å². The Morgan fingerprint density at radius 1 is 1.54 bits per heavy atom. The van der Waals surface area contributed by atoms with Crippen LogP contribution in [0.25, 0.3) is 0 Å². The fourth-order valence-electron chi connectivity index (χ4n) is 0.989. The molecule has 0 fully saturated rings. The first-order chi connectivity index (χ1) is 6.24. The van der Waals surface area contributed by atoms with E-state index in [4.69, 9.17) is 0 Å². The Kier molecular flexibility index (Phi) is 4.77. The van der Waals surface area contributed by atoms with Gasteiger partial charge in [-0.1, -0.05) is 0 Å². The topological polar surface area (TPSA) is 17.8 Å². The number of nitrogens with zero attached hydrogens (tertiary/aromatic N) is 2. The zero-order valence-electron chi connectivity index (χ0n) is 8.66. The van der Waals surface area contributed by atoms with Crippen molar-refractivity contribution >= 4 is 21.5 Å². The minimum absolute atomic E-state index is 0.0513. The maximum atomic E-state index is 4.38. The zero-order chi connectivity index (χ0) is 9.68. The van der Waals surface area contributed by atoms with Crippen LogP contribution in [-0.2, 0) is 0 Å². The molecule has 0 aliphatic rings. The van der Waals surface area contributed by atoms with Gasteiger partial charge in [-0.05, 0) is 0 Å². The van der Waals surface area contributed by atoms with E-state index in [1.165, 1.54) is 22.8 Å².